The maximum atomic E-state index is 12.2. The van der Waals surface area contributed by atoms with E-state index in [0.29, 0.717) is 0 Å². The average molecular weight is 206 g/mol. The quantitative estimate of drug-likeness (QED) is 0.523. The third-order valence-electron chi connectivity index (χ3n) is 1.48. The molecule has 7 heteroatoms. The fourth-order valence-electron chi connectivity index (χ4n) is 0.905. The van der Waals surface area contributed by atoms with Crippen molar-refractivity contribution in [2.24, 2.45) is 0 Å². The van der Waals surface area contributed by atoms with Crippen molar-refractivity contribution < 1.29 is 18.1 Å². The van der Waals surface area contributed by atoms with Crippen LogP contribution in [0.5, 0.6) is 0 Å². The number of alkyl halides is 3. The Bertz CT molecular complexity index is 376. The summed E-state index contributed by atoms with van der Waals surface area (Å²) in [6.07, 6.45) is -4.80. The minimum atomic E-state index is -4.80. The highest BCUT2D eigenvalue weighted by molar-refractivity contribution is 5.37. The molecular formula is C7H5F3N2O2. The largest absolute Gasteiger partial charge is 0.440 e. The highest BCUT2D eigenvalue weighted by Crippen LogP contribution is 2.34. The van der Waals surface area contributed by atoms with E-state index in [-0.39, 0.29) is 5.69 Å². The second-order valence-electron chi connectivity index (χ2n) is 2.58. The normalized spacial score (nSPS) is 11.4. The number of rotatable bonds is 1. The molecule has 0 saturated carbocycles. The Balaban J connectivity index is 3.38. The maximum Gasteiger partial charge on any atom is 0.440 e. The van der Waals surface area contributed by atoms with Crippen molar-refractivity contribution in [2.75, 3.05) is 0 Å². The van der Waals surface area contributed by atoms with Crippen LogP contribution in [0.2, 0.25) is 0 Å². The Kier molecular flexibility index (Phi) is 2.41. The molecule has 0 aliphatic heterocycles. The summed E-state index contributed by atoms with van der Waals surface area (Å²) in [5, 5.41) is 10.2. The van der Waals surface area contributed by atoms with E-state index in [1.807, 2.05) is 0 Å². The number of aromatic nitrogens is 1. The molecule has 1 rings (SSSR count). The molecule has 0 amide bonds. The van der Waals surface area contributed by atoms with E-state index < -0.39 is 22.5 Å². The van der Waals surface area contributed by atoms with Gasteiger partial charge in [-0.25, -0.2) is 4.98 Å². The Morgan fingerprint density at radius 3 is 2.43 bits per heavy atom. The summed E-state index contributed by atoms with van der Waals surface area (Å²) in [6.45, 7) is 1.33. The van der Waals surface area contributed by atoms with Crippen LogP contribution in [0.3, 0.4) is 0 Å². The summed E-state index contributed by atoms with van der Waals surface area (Å²) in [6, 6.07) is 1.96. The van der Waals surface area contributed by atoms with E-state index in [9.17, 15) is 23.3 Å². The maximum absolute atomic E-state index is 12.2. The molecule has 1 heterocycles. The van der Waals surface area contributed by atoms with Crippen LogP contribution in [-0.2, 0) is 6.18 Å². The number of nitrogens with zero attached hydrogens (tertiary/aromatic N) is 2. The van der Waals surface area contributed by atoms with E-state index in [1.165, 1.54) is 6.92 Å². The van der Waals surface area contributed by atoms with Crippen molar-refractivity contribution >= 4 is 5.69 Å². The second kappa shape index (κ2) is 3.24. The molecule has 76 valence electrons. The molecule has 4 nitrogen and oxygen atoms in total. The first-order chi connectivity index (χ1) is 6.32. The van der Waals surface area contributed by atoms with E-state index in [1.54, 1.807) is 0 Å². The van der Waals surface area contributed by atoms with Crippen LogP contribution in [0.15, 0.2) is 12.1 Å². The van der Waals surface area contributed by atoms with Crippen molar-refractivity contribution in [2.45, 2.75) is 13.1 Å². The van der Waals surface area contributed by atoms with Gasteiger partial charge in [0.15, 0.2) is 0 Å². The van der Waals surface area contributed by atoms with Gasteiger partial charge in [0.05, 0.1) is 4.92 Å². The van der Waals surface area contributed by atoms with Crippen LogP contribution in [0.1, 0.15) is 11.4 Å². The predicted molar refractivity (Wildman–Crippen MR) is 40.6 cm³/mol. The summed E-state index contributed by atoms with van der Waals surface area (Å²) in [5.74, 6) is 0. The molecule has 0 bridgehead atoms. The second-order valence-corrected chi connectivity index (χ2v) is 2.58. The molecule has 0 radical (unpaired) electrons. The Labute approximate surface area is 76.5 Å². The summed E-state index contributed by atoms with van der Waals surface area (Å²) < 4.78 is 36.7. The van der Waals surface area contributed by atoms with Gasteiger partial charge in [-0.15, -0.1) is 0 Å². The van der Waals surface area contributed by atoms with Gasteiger partial charge in [-0.3, -0.25) is 10.1 Å². The summed E-state index contributed by atoms with van der Waals surface area (Å²) in [5.41, 5.74) is -2.39. The van der Waals surface area contributed by atoms with Gasteiger partial charge in [-0.05, 0) is 13.0 Å². The molecule has 0 aliphatic carbocycles. The van der Waals surface area contributed by atoms with E-state index >= 15 is 0 Å². The smallest absolute Gasteiger partial charge is 0.258 e. The molecule has 0 unspecified atom stereocenters. The van der Waals surface area contributed by atoms with Gasteiger partial charge >= 0.3 is 6.18 Å². The van der Waals surface area contributed by atoms with Crippen LogP contribution in [0, 0.1) is 17.0 Å². The summed E-state index contributed by atoms with van der Waals surface area (Å²) in [7, 11) is 0. The first-order valence-electron chi connectivity index (χ1n) is 3.51. The molecule has 0 aliphatic rings. The first-order valence-corrected chi connectivity index (χ1v) is 3.51. The van der Waals surface area contributed by atoms with E-state index in [4.69, 9.17) is 0 Å². The van der Waals surface area contributed by atoms with Crippen molar-refractivity contribution in [3.63, 3.8) is 0 Å². The molecular weight excluding hydrogens is 201 g/mol. The van der Waals surface area contributed by atoms with Crippen molar-refractivity contribution in [1.82, 2.24) is 4.98 Å². The van der Waals surface area contributed by atoms with Crippen molar-refractivity contribution in [3.05, 3.63) is 33.6 Å². The lowest BCUT2D eigenvalue weighted by Gasteiger charge is -2.06. The number of aryl methyl sites for hydroxylation is 1. The van der Waals surface area contributed by atoms with Crippen LogP contribution < -0.4 is 0 Å². The third kappa shape index (κ3) is 1.98. The van der Waals surface area contributed by atoms with Gasteiger partial charge in [-0.1, -0.05) is 0 Å². The standard InChI is InChI=1S/C7H5F3N2O2/c1-4-2-3-5(12(13)14)6(11-4)7(8,9)10/h2-3H,1H3. The zero-order valence-corrected chi connectivity index (χ0v) is 7.00. The third-order valence-corrected chi connectivity index (χ3v) is 1.48. The lowest BCUT2D eigenvalue weighted by molar-refractivity contribution is -0.388. The van der Waals surface area contributed by atoms with Gasteiger partial charge in [0.1, 0.15) is 0 Å². The SMILES string of the molecule is Cc1ccc([N+](=O)[O-])c(C(F)(F)F)n1. The number of hydrogen-bond acceptors (Lipinski definition) is 3. The fraction of sp³-hybridized carbons (Fsp3) is 0.286. The zero-order valence-electron chi connectivity index (χ0n) is 7.00. The Morgan fingerprint density at radius 1 is 1.43 bits per heavy atom. The number of hydrogen-bond donors (Lipinski definition) is 0. The summed E-state index contributed by atoms with van der Waals surface area (Å²) in [4.78, 5) is 12.2. The monoisotopic (exact) mass is 206 g/mol. The molecule has 14 heavy (non-hydrogen) atoms. The van der Waals surface area contributed by atoms with Crippen LogP contribution >= 0.6 is 0 Å². The topological polar surface area (TPSA) is 56.0 Å². The molecule has 0 atom stereocenters. The highest BCUT2D eigenvalue weighted by Gasteiger charge is 2.40. The molecule has 1 aromatic heterocycles. The van der Waals surface area contributed by atoms with E-state index in [0.717, 1.165) is 12.1 Å². The first kappa shape index (κ1) is 10.4. The lowest BCUT2D eigenvalue weighted by Crippen LogP contribution is -2.12. The van der Waals surface area contributed by atoms with Gasteiger partial charge < -0.3 is 0 Å². The van der Waals surface area contributed by atoms with Gasteiger partial charge in [0.25, 0.3) is 5.69 Å². The van der Waals surface area contributed by atoms with E-state index in [2.05, 4.69) is 4.98 Å². The zero-order chi connectivity index (χ0) is 10.9. The molecule has 0 aromatic carbocycles. The average Bonchev–Trinajstić information content (AvgIpc) is 2.01. The summed E-state index contributed by atoms with van der Waals surface area (Å²) >= 11 is 0. The molecule has 0 fully saturated rings. The molecule has 0 saturated heterocycles. The number of nitro groups is 1. The van der Waals surface area contributed by atoms with Gasteiger partial charge in [0.2, 0.25) is 5.69 Å². The predicted octanol–water partition coefficient (Wildman–Crippen LogP) is 2.32. The highest BCUT2D eigenvalue weighted by atomic mass is 19.4. The minimum absolute atomic E-state index is 0.0860. The molecule has 0 N–H and O–H groups in total. The Hall–Kier alpha value is -1.66. The van der Waals surface area contributed by atoms with Gasteiger partial charge in [-0.2, -0.15) is 13.2 Å². The molecule has 0 spiro atoms. The van der Waals surface area contributed by atoms with Crippen LogP contribution in [0.4, 0.5) is 18.9 Å². The molecule has 1 aromatic rings. The lowest BCUT2D eigenvalue weighted by atomic mass is 10.2. The van der Waals surface area contributed by atoms with Crippen molar-refractivity contribution in [3.8, 4) is 0 Å². The van der Waals surface area contributed by atoms with Crippen molar-refractivity contribution in [1.29, 1.82) is 0 Å². The van der Waals surface area contributed by atoms with Gasteiger partial charge in [0, 0.05) is 11.8 Å². The number of pyridine rings is 1. The number of halogens is 3. The minimum Gasteiger partial charge on any atom is -0.258 e. The Morgan fingerprint density at radius 2 is 2.00 bits per heavy atom. The fourth-order valence-corrected chi connectivity index (χ4v) is 0.905. The van der Waals surface area contributed by atoms with Crippen LogP contribution in [-0.4, -0.2) is 9.91 Å². The van der Waals surface area contributed by atoms with Crippen LogP contribution in [0.25, 0.3) is 0 Å².